The van der Waals surface area contributed by atoms with E-state index in [1.165, 1.54) is 6.07 Å². The summed E-state index contributed by atoms with van der Waals surface area (Å²) in [5.74, 6) is 0.302. The Hall–Kier alpha value is -2.12. The summed E-state index contributed by atoms with van der Waals surface area (Å²) in [4.78, 5) is 12.8. The number of pyridine rings is 2. The lowest BCUT2D eigenvalue weighted by molar-refractivity contribution is 0.602. The van der Waals surface area contributed by atoms with Gasteiger partial charge in [-0.3, -0.25) is 4.98 Å². The molecule has 0 atom stereocenters. The van der Waals surface area contributed by atoms with Crippen LogP contribution in [0.3, 0.4) is 0 Å². The summed E-state index contributed by atoms with van der Waals surface area (Å²) < 4.78 is 14.6. The minimum Gasteiger partial charge on any atom is -0.362 e. The Labute approximate surface area is 152 Å². The van der Waals surface area contributed by atoms with E-state index in [-0.39, 0.29) is 12.4 Å². The Morgan fingerprint density at radius 2 is 1.88 bits per heavy atom. The van der Waals surface area contributed by atoms with Crippen molar-refractivity contribution in [3.8, 4) is 0 Å². The number of rotatable bonds is 5. The standard InChI is InChI=1S/C14H14FN5S.2C2H6/c15-9-2-1-6-17-10(9)8-19-14-13-11(4-7-18-14)21-12(20-13)3-5-16;2*1-2/h1-2,4,6-7H,3,5,8,16H2,(H,18,19);2*1-2H3. The van der Waals surface area contributed by atoms with Crippen LogP contribution in [0.1, 0.15) is 38.4 Å². The van der Waals surface area contributed by atoms with Gasteiger partial charge in [-0.1, -0.05) is 27.7 Å². The third kappa shape index (κ3) is 5.72. The van der Waals surface area contributed by atoms with Gasteiger partial charge in [-0.15, -0.1) is 11.3 Å². The van der Waals surface area contributed by atoms with Crippen molar-refractivity contribution in [1.82, 2.24) is 15.0 Å². The summed E-state index contributed by atoms with van der Waals surface area (Å²) in [5.41, 5.74) is 6.71. The first-order valence-electron chi connectivity index (χ1n) is 8.55. The van der Waals surface area contributed by atoms with Crippen LogP contribution in [0.2, 0.25) is 0 Å². The number of nitrogens with one attached hydrogen (secondary N) is 1. The zero-order chi connectivity index (χ0) is 18.7. The predicted octanol–water partition coefficient (Wildman–Crippen LogP) is 4.39. The van der Waals surface area contributed by atoms with Crippen molar-refractivity contribution >= 4 is 27.4 Å². The number of nitrogens with two attached hydrogens (primary N) is 1. The monoisotopic (exact) mass is 363 g/mol. The fraction of sp³-hybridized carbons (Fsp3) is 0.389. The first-order valence-corrected chi connectivity index (χ1v) is 9.37. The smallest absolute Gasteiger partial charge is 0.153 e. The van der Waals surface area contributed by atoms with Gasteiger partial charge in [-0.2, -0.15) is 0 Å². The summed E-state index contributed by atoms with van der Waals surface area (Å²) in [7, 11) is 0. The molecular weight excluding hydrogens is 337 g/mol. The Balaban J connectivity index is 0.000000730. The molecule has 0 aliphatic heterocycles. The largest absolute Gasteiger partial charge is 0.362 e. The first kappa shape index (κ1) is 20.9. The van der Waals surface area contributed by atoms with Crippen molar-refractivity contribution in [2.75, 3.05) is 11.9 Å². The van der Waals surface area contributed by atoms with E-state index >= 15 is 0 Å². The molecule has 0 amide bonds. The fourth-order valence-electron chi connectivity index (χ4n) is 1.98. The average Bonchev–Trinajstić information content (AvgIpc) is 3.08. The van der Waals surface area contributed by atoms with E-state index in [0.717, 1.165) is 21.6 Å². The molecule has 3 heterocycles. The zero-order valence-corrected chi connectivity index (χ0v) is 16.0. The molecule has 136 valence electrons. The van der Waals surface area contributed by atoms with Crippen LogP contribution in [0.15, 0.2) is 30.6 Å². The Morgan fingerprint density at radius 3 is 2.56 bits per heavy atom. The van der Waals surface area contributed by atoms with Crippen LogP contribution in [-0.4, -0.2) is 21.5 Å². The van der Waals surface area contributed by atoms with E-state index in [2.05, 4.69) is 20.3 Å². The number of aromatic nitrogens is 3. The van der Waals surface area contributed by atoms with Gasteiger partial charge in [-0.05, 0) is 24.7 Å². The summed E-state index contributed by atoms with van der Waals surface area (Å²) >= 11 is 1.60. The van der Waals surface area contributed by atoms with Gasteiger partial charge in [0.1, 0.15) is 11.3 Å². The number of anilines is 1. The van der Waals surface area contributed by atoms with Crippen LogP contribution in [0.4, 0.5) is 10.2 Å². The number of fused-ring (bicyclic) bond motifs is 1. The molecule has 3 rings (SSSR count). The van der Waals surface area contributed by atoms with Crippen LogP contribution < -0.4 is 11.1 Å². The third-order valence-corrected chi connectivity index (χ3v) is 4.05. The summed E-state index contributed by atoms with van der Waals surface area (Å²) in [5, 5.41) is 4.08. The molecule has 7 heteroatoms. The third-order valence-electron chi connectivity index (χ3n) is 2.97. The van der Waals surface area contributed by atoms with Crippen LogP contribution in [0.25, 0.3) is 10.2 Å². The first-order chi connectivity index (χ1) is 12.3. The molecule has 0 fully saturated rings. The molecule has 3 aromatic heterocycles. The van der Waals surface area contributed by atoms with Crippen molar-refractivity contribution in [1.29, 1.82) is 0 Å². The molecule has 0 aromatic carbocycles. The second-order valence-electron chi connectivity index (χ2n) is 4.44. The molecule has 0 saturated carbocycles. The van der Waals surface area contributed by atoms with E-state index < -0.39 is 0 Å². The Bertz CT molecular complexity index is 760. The zero-order valence-electron chi connectivity index (χ0n) is 15.2. The SMILES string of the molecule is CC.CC.NCCc1nc2c(NCc3ncccc3F)nccc2s1. The van der Waals surface area contributed by atoms with Gasteiger partial charge in [0, 0.05) is 18.8 Å². The lowest BCUT2D eigenvalue weighted by Crippen LogP contribution is -2.06. The molecular formula is C18H26FN5S. The molecule has 0 bridgehead atoms. The highest BCUT2D eigenvalue weighted by Gasteiger charge is 2.10. The quantitative estimate of drug-likeness (QED) is 0.703. The number of thiazole rings is 1. The Morgan fingerprint density at radius 1 is 1.12 bits per heavy atom. The fourth-order valence-corrected chi connectivity index (χ4v) is 2.96. The van der Waals surface area contributed by atoms with Crippen molar-refractivity contribution in [2.24, 2.45) is 5.73 Å². The van der Waals surface area contributed by atoms with Crippen LogP contribution in [0, 0.1) is 5.82 Å². The maximum absolute atomic E-state index is 13.6. The van der Waals surface area contributed by atoms with E-state index in [1.54, 1.807) is 29.8 Å². The number of hydrogen-bond acceptors (Lipinski definition) is 6. The van der Waals surface area contributed by atoms with E-state index in [1.807, 2.05) is 33.8 Å². The van der Waals surface area contributed by atoms with Crippen LogP contribution in [0.5, 0.6) is 0 Å². The van der Waals surface area contributed by atoms with Gasteiger partial charge in [0.2, 0.25) is 0 Å². The van der Waals surface area contributed by atoms with E-state index in [4.69, 9.17) is 5.73 Å². The van der Waals surface area contributed by atoms with Gasteiger partial charge in [0.15, 0.2) is 5.82 Å². The summed E-state index contributed by atoms with van der Waals surface area (Å²) in [6.45, 7) is 8.83. The highest BCUT2D eigenvalue weighted by molar-refractivity contribution is 7.18. The highest BCUT2D eigenvalue weighted by atomic mass is 32.1. The number of hydrogen-bond donors (Lipinski definition) is 2. The van der Waals surface area contributed by atoms with Crippen molar-refractivity contribution in [3.05, 3.63) is 47.1 Å². The minimum atomic E-state index is -0.334. The maximum Gasteiger partial charge on any atom is 0.153 e. The lowest BCUT2D eigenvalue weighted by atomic mass is 10.3. The molecule has 3 N–H and O–H groups in total. The van der Waals surface area contributed by atoms with Gasteiger partial charge < -0.3 is 11.1 Å². The number of nitrogens with zero attached hydrogens (tertiary/aromatic N) is 3. The van der Waals surface area contributed by atoms with Gasteiger partial charge in [0.05, 0.1) is 21.9 Å². The maximum atomic E-state index is 13.6. The minimum absolute atomic E-state index is 0.266. The molecule has 5 nitrogen and oxygen atoms in total. The van der Waals surface area contributed by atoms with Crippen molar-refractivity contribution < 1.29 is 4.39 Å². The van der Waals surface area contributed by atoms with Crippen molar-refractivity contribution in [2.45, 2.75) is 40.7 Å². The molecule has 3 aromatic rings. The van der Waals surface area contributed by atoms with Crippen LogP contribution >= 0.6 is 11.3 Å². The Kier molecular flexibility index (Phi) is 9.57. The predicted molar refractivity (Wildman–Crippen MR) is 104 cm³/mol. The molecule has 25 heavy (non-hydrogen) atoms. The second kappa shape index (κ2) is 11.4. The molecule has 0 aliphatic rings. The normalized spacial score (nSPS) is 9.68. The summed E-state index contributed by atoms with van der Waals surface area (Å²) in [6, 6.07) is 4.87. The lowest BCUT2D eigenvalue weighted by Gasteiger charge is -2.06. The van der Waals surface area contributed by atoms with Gasteiger partial charge in [-0.25, -0.2) is 14.4 Å². The molecule has 0 radical (unpaired) electrons. The highest BCUT2D eigenvalue weighted by Crippen LogP contribution is 2.26. The second-order valence-corrected chi connectivity index (χ2v) is 5.55. The molecule has 0 unspecified atom stereocenters. The van der Waals surface area contributed by atoms with E-state index in [9.17, 15) is 4.39 Å². The van der Waals surface area contributed by atoms with Gasteiger partial charge >= 0.3 is 0 Å². The van der Waals surface area contributed by atoms with E-state index in [0.29, 0.717) is 18.1 Å². The average molecular weight is 364 g/mol. The molecule has 0 saturated heterocycles. The van der Waals surface area contributed by atoms with Gasteiger partial charge in [0.25, 0.3) is 0 Å². The van der Waals surface area contributed by atoms with Crippen LogP contribution in [-0.2, 0) is 13.0 Å². The summed E-state index contributed by atoms with van der Waals surface area (Å²) in [6.07, 6.45) is 4.02. The number of halogens is 1. The molecule has 0 spiro atoms. The molecule has 0 aliphatic carbocycles. The van der Waals surface area contributed by atoms with Crippen molar-refractivity contribution in [3.63, 3.8) is 0 Å². The topological polar surface area (TPSA) is 76.7 Å².